The summed E-state index contributed by atoms with van der Waals surface area (Å²) in [5.74, 6) is -2.01. The summed E-state index contributed by atoms with van der Waals surface area (Å²) in [4.78, 5) is 26.7. The molecule has 10 heteroatoms. The molecule has 266 valence electrons. The van der Waals surface area contributed by atoms with Crippen LogP contribution in [0.2, 0.25) is 18.1 Å². The number of esters is 1. The minimum absolute atomic E-state index is 0.0381. The van der Waals surface area contributed by atoms with Gasteiger partial charge in [0.1, 0.15) is 5.75 Å². The first-order valence-electron chi connectivity index (χ1n) is 16.6. The van der Waals surface area contributed by atoms with Crippen LogP contribution in [0.3, 0.4) is 0 Å². The van der Waals surface area contributed by atoms with E-state index in [2.05, 4.69) is 33.9 Å². The fraction of sp³-hybridized carbons (Fsp3) is 0.579. The zero-order valence-electron chi connectivity index (χ0n) is 30.7. The molecule has 48 heavy (non-hydrogen) atoms. The van der Waals surface area contributed by atoms with Crippen molar-refractivity contribution in [3.05, 3.63) is 77.4 Å². The molecular weight excluding hydrogens is 628 g/mol. The zero-order valence-corrected chi connectivity index (χ0v) is 31.7. The maximum Gasteiger partial charge on any atom is 0.330 e. The molecule has 2 aromatic rings. The van der Waals surface area contributed by atoms with Crippen molar-refractivity contribution < 1.29 is 42.4 Å². The van der Waals surface area contributed by atoms with E-state index in [4.69, 9.17) is 32.8 Å². The maximum absolute atomic E-state index is 14.2. The fourth-order valence-electron chi connectivity index (χ4n) is 5.38. The third-order valence-corrected chi connectivity index (χ3v) is 14.1. The van der Waals surface area contributed by atoms with Crippen molar-refractivity contribution >= 4 is 20.1 Å². The summed E-state index contributed by atoms with van der Waals surface area (Å²) in [6, 6.07) is 17.6. The number of carbonyl (C=O) groups is 2. The number of ketones is 1. The van der Waals surface area contributed by atoms with Crippen molar-refractivity contribution in [3.63, 3.8) is 0 Å². The lowest BCUT2D eigenvalue weighted by Gasteiger charge is -2.50. The number of benzene rings is 2. The largest absolute Gasteiger partial charge is 0.497 e. The molecular formula is C38H56O9Si. The monoisotopic (exact) mass is 684 g/mol. The molecule has 0 radical (unpaired) electrons. The predicted octanol–water partition coefficient (Wildman–Crippen LogP) is 7.42. The van der Waals surface area contributed by atoms with E-state index in [-0.39, 0.29) is 29.7 Å². The fourth-order valence-corrected chi connectivity index (χ4v) is 6.54. The summed E-state index contributed by atoms with van der Waals surface area (Å²) in [5.41, 5.74) is 1.35. The Morgan fingerprint density at radius 2 is 1.56 bits per heavy atom. The highest BCUT2D eigenvalue weighted by atomic mass is 28.4. The summed E-state index contributed by atoms with van der Waals surface area (Å²) in [6.45, 7) is 17.6. The van der Waals surface area contributed by atoms with Gasteiger partial charge >= 0.3 is 5.97 Å². The van der Waals surface area contributed by atoms with Gasteiger partial charge in [-0.2, -0.15) is 0 Å². The average Bonchev–Trinajstić information content (AvgIpc) is 3.06. The zero-order chi connectivity index (χ0) is 35.8. The van der Waals surface area contributed by atoms with Gasteiger partial charge in [0.05, 0.1) is 45.7 Å². The summed E-state index contributed by atoms with van der Waals surface area (Å²) in [5, 5.41) is -0.0381. The molecule has 0 aliphatic carbocycles. The van der Waals surface area contributed by atoms with E-state index >= 15 is 0 Å². The summed E-state index contributed by atoms with van der Waals surface area (Å²) in [6.07, 6.45) is 0.446. The van der Waals surface area contributed by atoms with Crippen molar-refractivity contribution in [2.24, 2.45) is 5.41 Å². The van der Waals surface area contributed by atoms with E-state index in [1.807, 2.05) is 75.4 Å². The average molecular weight is 685 g/mol. The van der Waals surface area contributed by atoms with Crippen molar-refractivity contribution in [3.8, 4) is 5.75 Å². The molecule has 1 aliphatic heterocycles. The van der Waals surface area contributed by atoms with Gasteiger partial charge in [0.2, 0.25) is 11.6 Å². The van der Waals surface area contributed by atoms with Gasteiger partial charge in [0, 0.05) is 43.6 Å². The second-order valence-corrected chi connectivity index (χ2v) is 19.5. The first-order valence-corrected chi connectivity index (χ1v) is 19.5. The Labute approximate surface area is 288 Å². The van der Waals surface area contributed by atoms with E-state index < -0.39 is 43.5 Å². The number of hydrogen-bond acceptors (Lipinski definition) is 9. The minimum atomic E-state index is -2.19. The molecule has 9 nitrogen and oxygen atoms in total. The van der Waals surface area contributed by atoms with E-state index in [9.17, 15) is 9.59 Å². The Morgan fingerprint density at radius 1 is 0.958 bits per heavy atom. The van der Waals surface area contributed by atoms with Crippen LogP contribution in [0.5, 0.6) is 5.75 Å². The highest BCUT2D eigenvalue weighted by Gasteiger charge is 2.58. The van der Waals surface area contributed by atoms with Gasteiger partial charge in [0.25, 0.3) is 0 Å². The van der Waals surface area contributed by atoms with Crippen molar-refractivity contribution in [1.29, 1.82) is 0 Å². The lowest BCUT2D eigenvalue weighted by molar-refractivity contribution is -0.293. The van der Waals surface area contributed by atoms with Crippen LogP contribution in [0, 0.1) is 5.41 Å². The molecule has 1 unspecified atom stereocenters. The molecule has 0 amide bonds. The third-order valence-electron chi connectivity index (χ3n) is 9.64. The lowest BCUT2D eigenvalue weighted by Crippen LogP contribution is -2.62. The lowest BCUT2D eigenvalue weighted by atomic mass is 9.76. The van der Waals surface area contributed by atoms with Crippen molar-refractivity contribution in [1.82, 2.24) is 0 Å². The Morgan fingerprint density at radius 3 is 2.12 bits per heavy atom. The van der Waals surface area contributed by atoms with Crippen LogP contribution >= 0.6 is 0 Å². The molecule has 0 spiro atoms. The molecule has 0 bridgehead atoms. The van der Waals surface area contributed by atoms with Crippen LogP contribution in [0.4, 0.5) is 0 Å². The number of hydrogen-bond donors (Lipinski definition) is 0. The van der Waals surface area contributed by atoms with Gasteiger partial charge in [-0.3, -0.25) is 4.79 Å². The number of carbonyl (C=O) groups excluding carboxylic acids is 2. The summed E-state index contributed by atoms with van der Waals surface area (Å²) in [7, 11) is 2.19. The van der Waals surface area contributed by atoms with Crippen LogP contribution in [0.25, 0.3) is 0 Å². The van der Waals surface area contributed by atoms with Crippen LogP contribution in [-0.2, 0) is 50.9 Å². The van der Waals surface area contributed by atoms with E-state index in [1.54, 1.807) is 7.11 Å². The number of methoxy groups -OCH3 is 3. The van der Waals surface area contributed by atoms with Crippen molar-refractivity contribution in [2.75, 3.05) is 27.9 Å². The van der Waals surface area contributed by atoms with Crippen LogP contribution in [0.1, 0.15) is 65.5 Å². The molecule has 4 atom stereocenters. The topological polar surface area (TPSA) is 98.8 Å². The molecule has 0 aromatic heterocycles. The Bertz CT molecular complexity index is 1360. The Balaban J connectivity index is 1.95. The molecule has 1 saturated heterocycles. The van der Waals surface area contributed by atoms with Crippen molar-refractivity contribution in [2.45, 2.75) is 110 Å². The van der Waals surface area contributed by atoms with E-state index in [1.165, 1.54) is 20.3 Å². The predicted molar refractivity (Wildman–Crippen MR) is 188 cm³/mol. The first-order chi connectivity index (χ1) is 22.5. The van der Waals surface area contributed by atoms with Gasteiger partial charge < -0.3 is 32.8 Å². The van der Waals surface area contributed by atoms with Crippen LogP contribution in [-0.4, -0.2) is 72.1 Å². The first kappa shape index (κ1) is 39.6. The molecule has 1 aliphatic rings. The van der Waals surface area contributed by atoms with Crippen LogP contribution < -0.4 is 4.74 Å². The van der Waals surface area contributed by atoms with E-state index in [0.29, 0.717) is 19.6 Å². The minimum Gasteiger partial charge on any atom is -0.497 e. The molecule has 2 aromatic carbocycles. The van der Waals surface area contributed by atoms with Crippen LogP contribution in [0.15, 0.2) is 66.2 Å². The molecule has 1 fully saturated rings. The number of Topliss-reactive ketones (excluding diaryl/α,β-unsaturated/α-hetero) is 1. The van der Waals surface area contributed by atoms with Gasteiger partial charge in [0.15, 0.2) is 8.32 Å². The van der Waals surface area contributed by atoms with Gasteiger partial charge in [-0.1, -0.05) is 77.1 Å². The maximum atomic E-state index is 14.2. The quantitative estimate of drug-likeness (QED) is 0.102. The Kier molecular flexibility index (Phi) is 13.8. The molecule has 3 rings (SSSR count). The number of ether oxygens (including phenoxy) is 6. The summed E-state index contributed by atoms with van der Waals surface area (Å²) < 4.78 is 42.5. The smallest absolute Gasteiger partial charge is 0.330 e. The normalized spacial score (nSPS) is 21.2. The van der Waals surface area contributed by atoms with Gasteiger partial charge in [-0.25, -0.2) is 4.79 Å². The second kappa shape index (κ2) is 16.7. The second-order valence-electron chi connectivity index (χ2n) is 14.7. The highest BCUT2D eigenvalue weighted by Crippen LogP contribution is 2.46. The molecule has 1 heterocycles. The number of rotatable bonds is 16. The van der Waals surface area contributed by atoms with Gasteiger partial charge in [-0.05, 0) is 48.3 Å². The Hall–Kier alpha value is -2.86. The molecule has 0 N–H and O–H groups in total. The summed E-state index contributed by atoms with van der Waals surface area (Å²) >= 11 is 0. The SMILES string of the molecule is COC(=O)/C=C1\C[C@@H](C[C@@H](OCc2ccc(OC)cc2)[C@H](C)OCc2ccccc2)OC(OC)(C(C)(C)CO[Si](C)(C)C(C)(C)C)C1=O. The highest BCUT2D eigenvalue weighted by molar-refractivity contribution is 6.74. The van der Waals surface area contributed by atoms with Gasteiger partial charge in [-0.15, -0.1) is 0 Å². The molecule has 0 saturated carbocycles. The standard InChI is InChI=1S/C38H56O9Si/c1-27(44-24-28-15-13-12-14-16-28)33(45-25-29-17-19-31(41-7)20-18-29)23-32-21-30(22-34(39)42-8)35(40)38(43-9,47-32)37(5,6)26-46-48(10,11)36(2,3)4/h12-20,22,27,32-33H,21,23-26H2,1-11H3/b30-22+/t27-,32-,33+,38?/m0/s1. The third kappa shape index (κ3) is 9.86. The van der Waals surface area contributed by atoms with E-state index in [0.717, 1.165) is 16.9 Å².